The lowest BCUT2D eigenvalue weighted by Crippen LogP contribution is -2.12. The monoisotopic (exact) mass is 290 g/mol. The lowest BCUT2D eigenvalue weighted by atomic mass is 10.2. The van der Waals surface area contributed by atoms with Crippen molar-refractivity contribution in [3.63, 3.8) is 0 Å². The van der Waals surface area contributed by atoms with Gasteiger partial charge in [-0.2, -0.15) is 0 Å². The smallest absolute Gasteiger partial charge is 0.257 e. The molecule has 0 aliphatic rings. The summed E-state index contributed by atoms with van der Waals surface area (Å²) in [6.45, 7) is 7.85. The lowest BCUT2D eigenvalue weighted by Gasteiger charge is -2.09. The van der Waals surface area contributed by atoms with E-state index in [1.807, 2.05) is 27.7 Å². The number of hydrogen-bond acceptors (Lipinski definition) is 4. The highest BCUT2D eigenvalue weighted by atomic mass is 32.1. The van der Waals surface area contributed by atoms with Crippen LogP contribution in [-0.4, -0.2) is 17.0 Å². The number of aryl methyl sites for hydroxylation is 2. The molecule has 106 valence electrons. The van der Waals surface area contributed by atoms with Crippen molar-refractivity contribution in [1.29, 1.82) is 0 Å². The van der Waals surface area contributed by atoms with E-state index in [0.29, 0.717) is 10.7 Å². The minimum atomic E-state index is -0.158. The van der Waals surface area contributed by atoms with E-state index >= 15 is 0 Å². The standard InChI is InChI=1S/C15H18N2O2S/c1-9(2)19-13-7-5-12(6-8-13)14(18)17-15-16-10(3)11(4)20-15/h5-9H,1-4H3,(H,16,17,18). The highest BCUT2D eigenvalue weighted by Crippen LogP contribution is 2.22. The van der Waals surface area contributed by atoms with Gasteiger partial charge >= 0.3 is 0 Å². The molecule has 0 saturated heterocycles. The number of carbonyl (C=O) groups excluding carboxylic acids is 1. The molecule has 0 saturated carbocycles. The van der Waals surface area contributed by atoms with Crippen LogP contribution in [-0.2, 0) is 0 Å². The average molecular weight is 290 g/mol. The molecule has 0 unspecified atom stereocenters. The minimum absolute atomic E-state index is 0.121. The topological polar surface area (TPSA) is 51.2 Å². The van der Waals surface area contributed by atoms with Gasteiger partial charge in [0, 0.05) is 10.4 Å². The summed E-state index contributed by atoms with van der Waals surface area (Å²) in [5.41, 5.74) is 1.54. The third-order valence-electron chi connectivity index (χ3n) is 2.74. The molecule has 0 atom stereocenters. The van der Waals surface area contributed by atoms with Crippen LogP contribution in [0.15, 0.2) is 24.3 Å². The van der Waals surface area contributed by atoms with E-state index < -0.39 is 0 Å². The highest BCUT2D eigenvalue weighted by molar-refractivity contribution is 7.15. The Morgan fingerprint density at radius 1 is 1.25 bits per heavy atom. The van der Waals surface area contributed by atoms with Crippen molar-refractivity contribution in [2.24, 2.45) is 0 Å². The molecule has 20 heavy (non-hydrogen) atoms. The average Bonchev–Trinajstić information content (AvgIpc) is 2.68. The van der Waals surface area contributed by atoms with Gasteiger partial charge in [-0.1, -0.05) is 0 Å². The summed E-state index contributed by atoms with van der Waals surface area (Å²) in [7, 11) is 0. The Balaban J connectivity index is 2.05. The van der Waals surface area contributed by atoms with Gasteiger partial charge in [-0.3, -0.25) is 10.1 Å². The third-order valence-corrected chi connectivity index (χ3v) is 3.73. The molecule has 1 aromatic carbocycles. The maximum atomic E-state index is 12.1. The molecule has 1 aromatic heterocycles. The van der Waals surface area contributed by atoms with Crippen LogP contribution in [0.25, 0.3) is 0 Å². The zero-order valence-corrected chi connectivity index (χ0v) is 12.9. The van der Waals surface area contributed by atoms with Crippen LogP contribution in [0.4, 0.5) is 5.13 Å². The second-order valence-corrected chi connectivity index (χ2v) is 6.01. The first-order chi connectivity index (χ1) is 9.45. The number of nitrogens with zero attached hydrogens (tertiary/aromatic N) is 1. The summed E-state index contributed by atoms with van der Waals surface area (Å²) in [5.74, 6) is 0.604. The quantitative estimate of drug-likeness (QED) is 0.931. The van der Waals surface area contributed by atoms with E-state index in [-0.39, 0.29) is 12.0 Å². The minimum Gasteiger partial charge on any atom is -0.491 e. The van der Waals surface area contributed by atoms with Crippen molar-refractivity contribution < 1.29 is 9.53 Å². The van der Waals surface area contributed by atoms with Crippen LogP contribution in [0.5, 0.6) is 5.75 Å². The number of benzene rings is 1. The fourth-order valence-electron chi connectivity index (χ4n) is 1.65. The van der Waals surface area contributed by atoms with Crippen LogP contribution in [0.3, 0.4) is 0 Å². The van der Waals surface area contributed by atoms with E-state index in [9.17, 15) is 4.79 Å². The zero-order valence-electron chi connectivity index (χ0n) is 12.1. The number of rotatable bonds is 4. The Morgan fingerprint density at radius 3 is 2.40 bits per heavy atom. The largest absolute Gasteiger partial charge is 0.491 e. The van der Waals surface area contributed by atoms with Crippen LogP contribution < -0.4 is 10.1 Å². The molecule has 0 bridgehead atoms. The molecule has 1 heterocycles. The number of anilines is 1. The van der Waals surface area contributed by atoms with Crippen molar-refractivity contribution in [3.05, 3.63) is 40.4 Å². The molecule has 0 aliphatic carbocycles. The van der Waals surface area contributed by atoms with Crippen molar-refractivity contribution in [2.75, 3.05) is 5.32 Å². The van der Waals surface area contributed by atoms with Gasteiger partial charge in [0.2, 0.25) is 0 Å². The first-order valence-corrected chi connectivity index (χ1v) is 7.29. The van der Waals surface area contributed by atoms with Gasteiger partial charge in [0.25, 0.3) is 5.91 Å². The number of nitrogens with one attached hydrogen (secondary N) is 1. The van der Waals surface area contributed by atoms with Gasteiger partial charge in [-0.25, -0.2) is 4.98 Å². The van der Waals surface area contributed by atoms with E-state index in [1.165, 1.54) is 11.3 Å². The zero-order chi connectivity index (χ0) is 14.7. The lowest BCUT2D eigenvalue weighted by molar-refractivity contribution is 0.102. The highest BCUT2D eigenvalue weighted by Gasteiger charge is 2.10. The second-order valence-electron chi connectivity index (χ2n) is 4.81. The molecule has 1 amide bonds. The Bertz CT molecular complexity index is 583. The summed E-state index contributed by atoms with van der Waals surface area (Å²) in [4.78, 5) is 17.5. The molecule has 2 rings (SSSR count). The molecule has 2 aromatic rings. The molecular formula is C15H18N2O2S. The van der Waals surface area contributed by atoms with Gasteiger partial charge < -0.3 is 4.74 Å². The molecule has 0 spiro atoms. The first kappa shape index (κ1) is 14.5. The van der Waals surface area contributed by atoms with Gasteiger partial charge in [0.1, 0.15) is 5.75 Å². The molecule has 1 N–H and O–H groups in total. The van der Waals surface area contributed by atoms with E-state index in [4.69, 9.17) is 4.74 Å². The first-order valence-electron chi connectivity index (χ1n) is 6.48. The number of hydrogen-bond donors (Lipinski definition) is 1. The normalized spacial score (nSPS) is 10.7. The van der Waals surface area contributed by atoms with E-state index in [2.05, 4.69) is 10.3 Å². The summed E-state index contributed by atoms with van der Waals surface area (Å²) in [6.07, 6.45) is 0.121. The van der Waals surface area contributed by atoms with Crippen molar-refractivity contribution >= 4 is 22.4 Å². The number of thiazole rings is 1. The van der Waals surface area contributed by atoms with Crippen molar-refractivity contribution in [3.8, 4) is 5.75 Å². The molecular weight excluding hydrogens is 272 g/mol. The maximum absolute atomic E-state index is 12.1. The summed E-state index contributed by atoms with van der Waals surface area (Å²) in [6, 6.07) is 7.10. The molecule has 4 nitrogen and oxygen atoms in total. The summed E-state index contributed by atoms with van der Waals surface area (Å²) in [5, 5.41) is 3.44. The Kier molecular flexibility index (Phi) is 4.39. The SMILES string of the molecule is Cc1nc(NC(=O)c2ccc(OC(C)C)cc2)sc1C. The van der Waals surface area contributed by atoms with Gasteiger partial charge in [-0.05, 0) is 52.0 Å². The van der Waals surface area contributed by atoms with Gasteiger partial charge in [0.05, 0.1) is 11.8 Å². The van der Waals surface area contributed by atoms with Crippen molar-refractivity contribution in [2.45, 2.75) is 33.8 Å². The number of ether oxygens (including phenoxy) is 1. The Morgan fingerprint density at radius 2 is 1.90 bits per heavy atom. The van der Waals surface area contributed by atoms with Gasteiger partial charge in [-0.15, -0.1) is 11.3 Å². The third kappa shape index (κ3) is 3.57. The number of amides is 1. The van der Waals surface area contributed by atoms with Crippen molar-refractivity contribution in [1.82, 2.24) is 4.98 Å². The summed E-state index contributed by atoms with van der Waals surface area (Å²) < 4.78 is 5.54. The number of aromatic nitrogens is 1. The van der Waals surface area contributed by atoms with E-state index in [0.717, 1.165) is 16.3 Å². The van der Waals surface area contributed by atoms with E-state index in [1.54, 1.807) is 24.3 Å². The number of carbonyl (C=O) groups is 1. The van der Waals surface area contributed by atoms with Crippen LogP contribution in [0, 0.1) is 13.8 Å². The van der Waals surface area contributed by atoms with Crippen LogP contribution in [0.1, 0.15) is 34.8 Å². The maximum Gasteiger partial charge on any atom is 0.257 e. The molecule has 0 fully saturated rings. The molecule has 0 radical (unpaired) electrons. The fraction of sp³-hybridized carbons (Fsp3) is 0.333. The Hall–Kier alpha value is -1.88. The van der Waals surface area contributed by atoms with Gasteiger partial charge in [0.15, 0.2) is 5.13 Å². The van der Waals surface area contributed by atoms with Crippen LogP contribution >= 0.6 is 11.3 Å². The summed E-state index contributed by atoms with van der Waals surface area (Å²) >= 11 is 1.48. The molecule has 5 heteroatoms. The second kappa shape index (κ2) is 6.05. The Labute approximate surface area is 122 Å². The van der Waals surface area contributed by atoms with Crippen LogP contribution in [0.2, 0.25) is 0 Å². The predicted molar refractivity (Wildman–Crippen MR) is 81.7 cm³/mol. The fourth-order valence-corrected chi connectivity index (χ4v) is 2.46. The molecule has 0 aliphatic heterocycles. The predicted octanol–water partition coefficient (Wildman–Crippen LogP) is 3.80.